The number of benzene rings is 2. The van der Waals surface area contributed by atoms with Gasteiger partial charge in [0.25, 0.3) is 5.56 Å². The molecule has 0 saturated heterocycles. The van der Waals surface area contributed by atoms with E-state index in [1.807, 2.05) is 0 Å². The summed E-state index contributed by atoms with van der Waals surface area (Å²) in [7, 11) is 0. The summed E-state index contributed by atoms with van der Waals surface area (Å²) in [5.74, 6) is -0.348. The van der Waals surface area contributed by atoms with Gasteiger partial charge in [0.2, 0.25) is 5.91 Å². The molecule has 1 heterocycles. The van der Waals surface area contributed by atoms with Crippen molar-refractivity contribution in [2.75, 3.05) is 0 Å². The number of ether oxygens (including phenoxy) is 1. The molecule has 0 aliphatic heterocycles. The average Bonchev–Trinajstić information content (AvgIpc) is 2.64. The third-order valence-electron chi connectivity index (χ3n) is 4.04. The highest BCUT2D eigenvalue weighted by molar-refractivity contribution is 5.81. The van der Waals surface area contributed by atoms with Crippen molar-refractivity contribution in [1.82, 2.24) is 15.1 Å². The Balaban J connectivity index is 1.67. The van der Waals surface area contributed by atoms with Gasteiger partial charge in [-0.2, -0.15) is 13.9 Å². The molecule has 0 spiro atoms. The third kappa shape index (κ3) is 4.46. The number of hydrogen-bond acceptors (Lipinski definition) is 4. The molecule has 3 aromatic rings. The second-order valence-electron chi connectivity index (χ2n) is 5.93. The zero-order chi connectivity index (χ0) is 19.4. The summed E-state index contributed by atoms with van der Waals surface area (Å²) in [5, 5.41) is 7.97. The van der Waals surface area contributed by atoms with Crippen LogP contribution >= 0.6 is 0 Å². The van der Waals surface area contributed by atoms with Gasteiger partial charge in [-0.1, -0.05) is 30.3 Å². The van der Waals surface area contributed by atoms with Crippen molar-refractivity contribution in [3.8, 4) is 5.75 Å². The van der Waals surface area contributed by atoms with Gasteiger partial charge in [0.15, 0.2) is 0 Å². The van der Waals surface area contributed by atoms with E-state index in [4.69, 9.17) is 0 Å². The summed E-state index contributed by atoms with van der Waals surface area (Å²) in [6, 6.07) is 12.6. The fourth-order valence-corrected chi connectivity index (χ4v) is 2.68. The molecule has 1 aromatic heterocycles. The predicted octanol–water partition coefficient (Wildman–Crippen LogP) is 2.88. The van der Waals surface area contributed by atoms with Crippen molar-refractivity contribution in [2.45, 2.75) is 26.1 Å². The number of nitrogens with zero attached hydrogens (tertiary/aromatic N) is 2. The van der Waals surface area contributed by atoms with Crippen molar-refractivity contribution >= 4 is 16.7 Å². The van der Waals surface area contributed by atoms with Crippen LogP contribution in [0, 0.1) is 0 Å². The van der Waals surface area contributed by atoms with Gasteiger partial charge in [-0.05, 0) is 30.7 Å². The average molecular weight is 373 g/mol. The first-order chi connectivity index (χ1) is 12.9. The molecule has 0 bridgehead atoms. The standard InChI is InChI=1S/C19H17F2N3O3/c1-12(13-6-8-15(9-7-13)27-19(20)21)23-17(25)11-24-18(26)16-5-3-2-4-14(16)10-22-24/h2-10,12,19H,11H2,1H3,(H,23,25). The summed E-state index contributed by atoms with van der Waals surface area (Å²) in [6.07, 6.45) is 1.54. The van der Waals surface area contributed by atoms with Crippen LogP contribution in [0.2, 0.25) is 0 Å². The van der Waals surface area contributed by atoms with E-state index in [2.05, 4.69) is 15.2 Å². The van der Waals surface area contributed by atoms with Crippen LogP contribution in [0.15, 0.2) is 59.5 Å². The fraction of sp³-hybridized carbons (Fsp3) is 0.211. The number of hydrogen-bond donors (Lipinski definition) is 1. The van der Waals surface area contributed by atoms with Crippen molar-refractivity contribution in [3.05, 3.63) is 70.6 Å². The maximum atomic E-state index is 12.4. The lowest BCUT2D eigenvalue weighted by molar-refractivity contribution is -0.122. The molecule has 2 aromatic carbocycles. The highest BCUT2D eigenvalue weighted by Crippen LogP contribution is 2.19. The van der Waals surface area contributed by atoms with Crippen molar-refractivity contribution in [3.63, 3.8) is 0 Å². The van der Waals surface area contributed by atoms with E-state index >= 15 is 0 Å². The maximum absolute atomic E-state index is 12.4. The number of carbonyl (C=O) groups excluding carboxylic acids is 1. The lowest BCUT2D eigenvalue weighted by Gasteiger charge is -2.15. The molecule has 1 atom stereocenters. The third-order valence-corrected chi connectivity index (χ3v) is 4.04. The van der Waals surface area contributed by atoms with Crippen LogP contribution in [0.1, 0.15) is 18.5 Å². The van der Waals surface area contributed by atoms with Gasteiger partial charge >= 0.3 is 6.61 Å². The number of aromatic nitrogens is 2. The minimum absolute atomic E-state index is 0.0409. The Labute approximate surface area is 153 Å². The van der Waals surface area contributed by atoms with E-state index in [0.29, 0.717) is 16.3 Å². The summed E-state index contributed by atoms with van der Waals surface area (Å²) in [4.78, 5) is 24.7. The molecule has 6 nitrogen and oxygen atoms in total. The zero-order valence-corrected chi connectivity index (χ0v) is 14.4. The molecule has 1 N–H and O–H groups in total. The second kappa shape index (κ2) is 7.94. The summed E-state index contributed by atoms with van der Waals surface area (Å²) >= 11 is 0. The summed E-state index contributed by atoms with van der Waals surface area (Å²) in [6.45, 7) is -1.36. The number of alkyl halides is 2. The Morgan fingerprint density at radius 2 is 1.89 bits per heavy atom. The van der Waals surface area contributed by atoms with Gasteiger partial charge in [-0.3, -0.25) is 9.59 Å². The van der Waals surface area contributed by atoms with Crippen LogP contribution in [0.5, 0.6) is 5.75 Å². The Morgan fingerprint density at radius 1 is 1.19 bits per heavy atom. The molecule has 0 saturated carbocycles. The minimum atomic E-state index is -2.89. The van der Waals surface area contributed by atoms with Gasteiger partial charge in [0.1, 0.15) is 12.3 Å². The second-order valence-corrected chi connectivity index (χ2v) is 5.93. The zero-order valence-electron chi connectivity index (χ0n) is 14.4. The van der Waals surface area contributed by atoms with Gasteiger partial charge in [0.05, 0.1) is 17.6 Å². The molecular weight excluding hydrogens is 356 g/mol. The fourth-order valence-electron chi connectivity index (χ4n) is 2.68. The van der Waals surface area contributed by atoms with Crippen LogP contribution in [0.3, 0.4) is 0 Å². The number of amides is 1. The normalized spacial score (nSPS) is 12.1. The SMILES string of the molecule is CC(NC(=O)Cn1ncc2ccccc2c1=O)c1ccc(OC(F)F)cc1. The topological polar surface area (TPSA) is 73.2 Å². The lowest BCUT2D eigenvalue weighted by atomic mass is 10.1. The molecule has 1 amide bonds. The van der Waals surface area contributed by atoms with Crippen molar-refractivity contribution in [1.29, 1.82) is 0 Å². The van der Waals surface area contributed by atoms with E-state index < -0.39 is 6.61 Å². The highest BCUT2D eigenvalue weighted by Gasteiger charge is 2.13. The Morgan fingerprint density at radius 3 is 2.59 bits per heavy atom. The number of nitrogens with one attached hydrogen (secondary N) is 1. The van der Waals surface area contributed by atoms with Crippen molar-refractivity contribution in [2.24, 2.45) is 0 Å². The van der Waals surface area contributed by atoms with Gasteiger partial charge in [-0.15, -0.1) is 0 Å². The Kier molecular flexibility index (Phi) is 5.44. The molecule has 0 aliphatic carbocycles. The smallest absolute Gasteiger partial charge is 0.387 e. The van der Waals surface area contributed by atoms with Crippen LogP contribution < -0.4 is 15.6 Å². The first kappa shape index (κ1) is 18.5. The van der Waals surface area contributed by atoms with Crippen LogP contribution in [0.25, 0.3) is 10.8 Å². The largest absolute Gasteiger partial charge is 0.435 e. The van der Waals surface area contributed by atoms with Gasteiger partial charge in [0, 0.05) is 5.39 Å². The number of halogens is 2. The Bertz CT molecular complexity index is 1000. The molecular formula is C19H17F2N3O3. The van der Waals surface area contributed by atoms with Crippen LogP contribution in [-0.4, -0.2) is 22.3 Å². The minimum Gasteiger partial charge on any atom is -0.435 e. The van der Waals surface area contributed by atoms with Crippen molar-refractivity contribution < 1.29 is 18.3 Å². The van der Waals surface area contributed by atoms with E-state index in [1.165, 1.54) is 18.3 Å². The van der Waals surface area contributed by atoms with E-state index in [9.17, 15) is 18.4 Å². The Hall–Kier alpha value is -3.29. The van der Waals surface area contributed by atoms with Gasteiger partial charge in [-0.25, -0.2) is 4.68 Å². The molecule has 0 fully saturated rings. The monoisotopic (exact) mass is 373 g/mol. The lowest BCUT2D eigenvalue weighted by Crippen LogP contribution is -2.34. The maximum Gasteiger partial charge on any atom is 0.387 e. The number of rotatable bonds is 6. The quantitative estimate of drug-likeness (QED) is 0.721. The molecule has 27 heavy (non-hydrogen) atoms. The molecule has 8 heteroatoms. The van der Waals surface area contributed by atoms with E-state index in [1.54, 1.807) is 43.3 Å². The van der Waals surface area contributed by atoms with Gasteiger partial charge < -0.3 is 10.1 Å². The molecule has 140 valence electrons. The first-order valence-corrected chi connectivity index (χ1v) is 8.23. The first-order valence-electron chi connectivity index (χ1n) is 8.23. The predicted molar refractivity (Wildman–Crippen MR) is 95.6 cm³/mol. The molecule has 1 unspecified atom stereocenters. The van der Waals surface area contributed by atoms with E-state index in [0.717, 1.165) is 4.68 Å². The molecule has 0 aliphatic rings. The molecule has 0 radical (unpaired) electrons. The summed E-state index contributed by atoms with van der Waals surface area (Å²) in [5.41, 5.74) is 0.369. The van der Waals surface area contributed by atoms with Crippen LogP contribution in [0.4, 0.5) is 8.78 Å². The van der Waals surface area contributed by atoms with E-state index in [-0.39, 0.29) is 29.8 Å². The summed E-state index contributed by atoms with van der Waals surface area (Å²) < 4.78 is 29.7. The number of carbonyl (C=O) groups is 1. The van der Waals surface area contributed by atoms with Crippen LogP contribution in [-0.2, 0) is 11.3 Å². The highest BCUT2D eigenvalue weighted by atomic mass is 19.3. The number of fused-ring (bicyclic) bond motifs is 1. The molecule has 3 rings (SSSR count).